The summed E-state index contributed by atoms with van der Waals surface area (Å²) < 4.78 is 15.7. The number of nitrogens with one attached hydrogen (secondary N) is 1. The van der Waals surface area contributed by atoms with E-state index in [1.165, 1.54) is 14.2 Å². The predicted octanol–water partition coefficient (Wildman–Crippen LogP) is 4.18. The molecule has 0 saturated heterocycles. The third kappa shape index (κ3) is 4.48. The average Bonchev–Trinajstić information content (AvgIpc) is 2.74. The third-order valence-electron chi connectivity index (χ3n) is 3.98. The molecule has 3 aromatic rings. The molecule has 6 nitrogen and oxygen atoms in total. The van der Waals surface area contributed by atoms with Gasteiger partial charge in [0, 0.05) is 11.3 Å². The smallest absolute Gasteiger partial charge is 0.343 e. The number of hydrogen-bond donors (Lipinski definition) is 1. The van der Waals surface area contributed by atoms with Crippen molar-refractivity contribution < 1.29 is 23.8 Å². The van der Waals surface area contributed by atoms with E-state index in [4.69, 9.17) is 14.2 Å². The molecule has 0 bridgehead atoms. The van der Waals surface area contributed by atoms with Crippen LogP contribution in [0.15, 0.2) is 72.8 Å². The lowest BCUT2D eigenvalue weighted by molar-refractivity contribution is 0.0734. The summed E-state index contributed by atoms with van der Waals surface area (Å²) in [6.07, 6.45) is 0. The van der Waals surface area contributed by atoms with Gasteiger partial charge in [-0.15, -0.1) is 0 Å². The number of benzene rings is 3. The zero-order valence-corrected chi connectivity index (χ0v) is 15.5. The molecule has 1 amide bonds. The van der Waals surface area contributed by atoms with E-state index < -0.39 is 5.97 Å². The molecule has 3 rings (SSSR count). The second kappa shape index (κ2) is 8.73. The molecular weight excluding hydrogens is 358 g/mol. The van der Waals surface area contributed by atoms with Crippen molar-refractivity contribution in [2.45, 2.75) is 0 Å². The summed E-state index contributed by atoms with van der Waals surface area (Å²) in [5.41, 5.74) is 1.48. The molecule has 0 fully saturated rings. The minimum absolute atomic E-state index is 0.246. The van der Waals surface area contributed by atoms with Gasteiger partial charge in [0.2, 0.25) is 0 Å². The zero-order chi connectivity index (χ0) is 19.9. The Labute approximate surface area is 162 Å². The highest BCUT2D eigenvalue weighted by Gasteiger charge is 2.13. The molecule has 0 aromatic heterocycles. The summed E-state index contributed by atoms with van der Waals surface area (Å²) >= 11 is 0. The summed E-state index contributed by atoms with van der Waals surface area (Å²) in [5, 5.41) is 2.80. The number of rotatable bonds is 6. The second-order valence-electron chi connectivity index (χ2n) is 5.80. The number of esters is 1. The summed E-state index contributed by atoms with van der Waals surface area (Å²) in [4.78, 5) is 24.6. The molecule has 0 aliphatic rings. The molecule has 0 aliphatic heterocycles. The maximum atomic E-state index is 12.3. The molecule has 0 spiro atoms. The van der Waals surface area contributed by atoms with Crippen molar-refractivity contribution in [3.8, 4) is 17.2 Å². The Balaban J connectivity index is 1.67. The van der Waals surface area contributed by atoms with Crippen molar-refractivity contribution in [3.63, 3.8) is 0 Å². The molecule has 0 saturated carbocycles. The molecule has 0 heterocycles. The van der Waals surface area contributed by atoms with Gasteiger partial charge >= 0.3 is 5.97 Å². The SMILES string of the molecule is COc1ccc(C(=O)Oc2ccc(C(=O)Nc3ccccc3)cc2)cc1OC. The standard InChI is InChI=1S/C22H19NO5/c1-26-19-13-10-16(14-20(19)27-2)22(25)28-18-11-8-15(9-12-18)21(24)23-17-6-4-3-5-7-17/h3-14H,1-2H3,(H,23,24). The molecular formula is C22H19NO5. The molecule has 0 radical (unpaired) electrons. The normalized spacial score (nSPS) is 10.1. The van der Waals surface area contributed by atoms with Crippen LogP contribution in [0.4, 0.5) is 5.69 Å². The molecule has 1 N–H and O–H groups in total. The van der Waals surface area contributed by atoms with Gasteiger partial charge in [0.05, 0.1) is 19.8 Å². The highest BCUT2D eigenvalue weighted by molar-refractivity contribution is 6.04. The first-order valence-electron chi connectivity index (χ1n) is 8.51. The van der Waals surface area contributed by atoms with Gasteiger partial charge < -0.3 is 19.5 Å². The maximum Gasteiger partial charge on any atom is 0.343 e. The number of carbonyl (C=O) groups is 2. The second-order valence-corrected chi connectivity index (χ2v) is 5.80. The Kier molecular flexibility index (Phi) is 5.91. The van der Waals surface area contributed by atoms with Gasteiger partial charge in [0.1, 0.15) is 5.75 Å². The van der Waals surface area contributed by atoms with Crippen molar-refractivity contribution in [1.82, 2.24) is 0 Å². The van der Waals surface area contributed by atoms with Crippen LogP contribution >= 0.6 is 0 Å². The summed E-state index contributed by atoms with van der Waals surface area (Å²) in [6, 6.07) is 20.2. The van der Waals surface area contributed by atoms with E-state index in [2.05, 4.69) is 5.32 Å². The fourth-order valence-corrected chi connectivity index (χ4v) is 2.53. The Hall–Kier alpha value is -3.80. The Morgan fingerprint density at radius 1 is 0.750 bits per heavy atom. The topological polar surface area (TPSA) is 73.9 Å². The Bertz CT molecular complexity index is 968. The van der Waals surface area contributed by atoms with Gasteiger partial charge in [-0.2, -0.15) is 0 Å². The lowest BCUT2D eigenvalue weighted by atomic mass is 10.2. The lowest BCUT2D eigenvalue weighted by Crippen LogP contribution is -2.12. The van der Waals surface area contributed by atoms with Crippen LogP contribution in [0.2, 0.25) is 0 Å². The number of hydrogen-bond acceptors (Lipinski definition) is 5. The fourth-order valence-electron chi connectivity index (χ4n) is 2.53. The number of ether oxygens (including phenoxy) is 3. The highest BCUT2D eigenvalue weighted by Crippen LogP contribution is 2.28. The number of methoxy groups -OCH3 is 2. The van der Waals surface area contributed by atoms with Crippen LogP contribution in [-0.4, -0.2) is 26.1 Å². The number of carbonyl (C=O) groups excluding carboxylic acids is 2. The van der Waals surface area contributed by atoms with Gasteiger partial charge in [-0.1, -0.05) is 18.2 Å². The van der Waals surface area contributed by atoms with Crippen molar-refractivity contribution in [3.05, 3.63) is 83.9 Å². The maximum absolute atomic E-state index is 12.3. The fraction of sp³-hybridized carbons (Fsp3) is 0.0909. The minimum atomic E-state index is -0.539. The third-order valence-corrected chi connectivity index (χ3v) is 3.98. The molecule has 28 heavy (non-hydrogen) atoms. The average molecular weight is 377 g/mol. The van der Waals surface area contributed by atoms with Crippen LogP contribution in [-0.2, 0) is 0 Å². The van der Waals surface area contributed by atoms with Crippen molar-refractivity contribution >= 4 is 17.6 Å². The van der Waals surface area contributed by atoms with Crippen LogP contribution < -0.4 is 19.5 Å². The largest absolute Gasteiger partial charge is 0.493 e. The molecule has 142 valence electrons. The van der Waals surface area contributed by atoms with Crippen molar-refractivity contribution in [2.75, 3.05) is 19.5 Å². The molecule has 3 aromatic carbocycles. The highest BCUT2D eigenvalue weighted by atomic mass is 16.5. The molecule has 0 unspecified atom stereocenters. The van der Waals surface area contributed by atoms with E-state index in [-0.39, 0.29) is 5.91 Å². The first kappa shape index (κ1) is 19.0. The van der Waals surface area contributed by atoms with Crippen LogP contribution in [0.25, 0.3) is 0 Å². The number of anilines is 1. The number of amides is 1. The lowest BCUT2D eigenvalue weighted by Gasteiger charge is -2.10. The van der Waals surface area contributed by atoms with Crippen LogP contribution in [0.1, 0.15) is 20.7 Å². The Morgan fingerprint density at radius 2 is 1.39 bits per heavy atom. The predicted molar refractivity (Wildman–Crippen MR) is 105 cm³/mol. The van der Waals surface area contributed by atoms with Gasteiger partial charge in [0.25, 0.3) is 5.91 Å². The monoisotopic (exact) mass is 377 g/mol. The minimum Gasteiger partial charge on any atom is -0.493 e. The van der Waals surface area contributed by atoms with Crippen molar-refractivity contribution in [1.29, 1.82) is 0 Å². The van der Waals surface area contributed by atoms with E-state index >= 15 is 0 Å². The summed E-state index contributed by atoms with van der Waals surface area (Å²) in [6.45, 7) is 0. The van der Waals surface area contributed by atoms with Gasteiger partial charge in [0.15, 0.2) is 11.5 Å². The Morgan fingerprint density at radius 3 is 2.04 bits per heavy atom. The molecule has 6 heteroatoms. The van der Waals surface area contributed by atoms with Crippen LogP contribution in [0.5, 0.6) is 17.2 Å². The van der Waals surface area contributed by atoms with Gasteiger partial charge in [-0.05, 0) is 54.6 Å². The van der Waals surface area contributed by atoms with E-state index in [0.29, 0.717) is 34.1 Å². The van der Waals surface area contributed by atoms with Crippen LogP contribution in [0.3, 0.4) is 0 Å². The first-order valence-corrected chi connectivity index (χ1v) is 8.51. The van der Waals surface area contributed by atoms with Gasteiger partial charge in [-0.3, -0.25) is 4.79 Å². The first-order chi connectivity index (χ1) is 13.6. The van der Waals surface area contributed by atoms with E-state index in [9.17, 15) is 9.59 Å². The van der Waals surface area contributed by atoms with E-state index in [1.807, 2.05) is 18.2 Å². The number of para-hydroxylation sites is 1. The van der Waals surface area contributed by atoms with E-state index in [0.717, 1.165) is 0 Å². The zero-order valence-electron chi connectivity index (χ0n) is 15.5. The molecule has 0 atom stereocenters. The quantitative estimate of drug-likeness (QED) is 0.515. The van der Waals surface area contributed by atoms with Gasteiger partial charge in [-0.25, -0.2) is 4.79 Å². The summed E-state index contributed by atoms with van der Waals surface area (Å²) in [7, 11) is 3.01. The van der Waals surface area contributed by atoms with Crippen LogP contribution in [0, 0.1) is 0 Å². The van der Waals surface area contributed by atoms with Crippen molar-refractivity contribution in [2.24, 2.45) is 0 Å². The van der Waals surface area contributed by atoms with E-state index in [1.54, 1.807) is 54.6 Å². The summed E-state index contributed by atoms with van der Waals surface area (Å²) in [5.74, 6) is 0.500. The molecule has 0 aliphatic carbocycles.